The minimum atomic E-state index is -4.31. The Morgan fingerprint density at radius 2 is 2.00 bits per heavy atom. The molecule has 2 atom stereocenters. The summed E-state index contributed by atoms with van der Waals surface area (Å²) in [5.41, 5.74) is 0.0792. The van der Waals surface area contributed by atoms with Crippen molar-refractivity contribution in [1.29, 1.82) is 0 Å². The van der Waals surface area contributed by atoms with Crippen LogP contribution in [0.2, 0.25) is 0 Å². The quantitative estimate of drug-likeness (QED) is 0.929. The van der Waals surface area contributed by atoms with Gasteiger partial charge in [0, 0.05) is 24.1 Å². The highest BCUT2D eigenvalue weighted by Crippen LogP contribution is 2.29. The maximum atomic E-state index is 12.5. The number of hydrogen-bond acceptors (Lipinski definition) is 3. The smallest absolute Gasteiger partial charge is 0.391 e. The highest BCUT2D eigenvalue weighted by Gasteiger charge is 2.30. The van der Waals surface area contributed by atoms with E-state index in [0.29, 0.717) is 6.42 Å². The zero-order chi connectivity index (χ0) is 14.8. The molecule has 1 aliphatic heterocycles. The summed E-state index contributed by atoms with van der Waals surface area (Å²) in [6.45, 7) is 0.930. The second kappa shape index (κ2) is 6.37. The van der Waals surface area contributed by atoms with Crippen LogP contribution in [0.4, 0.5) is 13.2 Å². The fourth-order valence-electron chi connectivity index (χ4n) is 2.32. The third kappa shape index (κ3) is 3.90. The van der Waals surface area contributed by atoms with E-state index in [1.807, 2.05) is 7.05 Å². The Kier molecular flexibility index (Phi) is 4.99. The molecule has 0 bridgehead atoms. The molecule has 1 saturated heterocycles. The number of halogens is 3. The van der Waals surface area contributed by atoms with E-state index in [1.165, 1.54) is 12.1 Å². The van der Waals surface area contributed by atoms with Gasteiger partial charge in [-0.3, -0.25) is 4.90 Å². The molecule has 0 aromatic heterocycles. The highest BCUT2D eigenvalue weighted by molar-refractivity contribution is 7.99. The summed E-state index contributed by atoms with van der Waals surface area (Å²) in [7, 11) is 1.97. The Bertz CT molecular complexity index is 435. The Balaban J connectivity index is 1.99. The highest BCUT2D eigenvalue weighted by atomic mass is 32.2. The molecule has 0 amide bonds. The number of benzene rings is 1. The van der Waals surface area contributed by atoms with Crippen LogP contribution < -0.4 is 0 Å². The molecule has 0 saturated carbocycles. The number of likely N-dealkylation sites (N-methyl/N-ethyl adjacent to an activating group) is 1. The molecular weight excluding hydrogens is 287 g/mol. The third-order valence-corrected chi connectivity index (χ3v) is 4.66. The van der Waals surface area contributed by atoms with Crippen LogP contribution in [0.1, 0.15) is 11.1 Å². The molecule has 0 radical (unpaired) electrons. The molecule has 1 aliphatic rings. The van der Waals surface area contributed by atoms with Gasteiger partial charge in [0.1, 0.15) is 0 Å². The topological polar surface area (TPSA) is 23.5 Å². The number of rotatable bonds is 3. The molecule has 20 heavy (non-hydrogen) atoms. The number of alkyl halides is 3. The third-order valence-electron chi connectivity index (χ3n) is 3.61. The Morgan fingerprint density at radius 1 is 1.35 bits per heavy atom. The van der Waals surface area contributed by atoms with Gasteiger partial charge in [-0.05, 0) is 31.2 Å². The summed E-state index contributed by atoms with van der Waals surface area (Å²) in [5, 5.41) is 10.2. The lowest BCUT2D eigenvalue weighted by Crippen LogP contribution is -2.47. The Hall–Kier alpha value is -0.720. The van der Waals surface area contributed by atoms with Crippen LogP contribution in [-0.4, -0.2) is 47.3 Å². The molecule has 112 valence electrons. The number of aliphatic hydroxyl groups excluding tert-OH is 1. The second-order valence-corrected chi connectivity index (χ2v) is 6.24. The number of thioether (sulfide) groups is 1. The molecule has 1 heterocycles. The summed E-state index contributed by atoms with van der Waals surface area (Å²) in [5.74, 6) is 1.91. The van der Waals surface area contributed by atoms with Gasteiger partial charge in [-0.25, -0.2) is 0 Å². The first-order valence-electron chi connectivity index (χ1n) is 6.50. The van der Waals surface area contributed by atoms with Crippen molar-refractivity contribution in [3.63, 3.8) is 0 Å². The summed E-state index contributed by atoms with van der Waals surface area (Å²) in [6, 6.07) is 5.10. The van der Waals surface area contributed by atoms with E-state index in [9.17, 15) is 18.3 Å². The van der Waals surface area contributed by atoms with Crippen molar-refractivity contribution in [1.82, 2.24) is 4.90 Å². The first-order chi connectivity index (χ1) is 9.38. The van der Waals surface area contributed by atoms with Gasteiger partial charge in [0.2, 0.25) is 0 Å². The van der Waals surface area contributed by atoms with Crippen LogP contribution >= 0.6 is 11.8 Å². The van der Waals surface area contributed by atoms with Gasteiger partial charge < -0.3 is 5.11 Å². The van der Waals surface area contributed by atoms with Crippen molar-refractivity contribution in [2.75, 3.05) is 25.1 Å². The fraction of sp³-hybridized carbons (Fsp3) is 0.571. The van der Waals surface area contributed by atoms with E-state index in [1.54, 1.807) is 11.8 Å². The minimum Gasteiger partial charge on any atom is -0.391 e. The average Bonchev–Trinajstić information content (AvgIpc) is 2.38. The monoisotopic (exact) mass is 305 g/mol. The Morgan fingerprint density at radius 3 is 2.55 bits per heavy atom. The van der Waals surface area contributed by atoms with Crippen molar-refractivity contribution in [3.8, 4) is 0 Å². The maximum Gasteiger partial charge on any atom is 0.416 e. The zero-order valence-corrected chi connectivity index (χ0v) is 12.0. The fourth-order valence-corrected chi connectivity index (χ4v) is 3.62. The van der Waals surface area contributed by atoms with E-state index >= 15 is 0 Å². The van der Waals surface area contributed by atoms with Gasteiger partial charge in [0.05, 0.1) is 11.7 Å². The molecule has 1 N–H and O–H groups in total. The van der Waals surface area contributed by atoms with Crippen LogP contribution in [0.15, 0.2) is 24.3 Å². The maximum absolute atomic E-state index is 12.5. The van der Waals surface area contributed by atoms with Crippen molar-refractivity contribution in [3.05, 3.63) is 35.4 Å². The summed E-state index contributed by atoms with van der Waals surface area (Å²) in [4.78, 5) is 2.12. The average molecular weight is 305 g/mol. The van der Waals surface area contributed by atoms with E-state index in [0.717, 1.165) is 35.7 Å². The van der Waals surface area contributed by atoms with Crippen LogP contribution in [0.25, 0.3) is 0 Å². The first-order valence-corrected chi connectivity index (χ1v) is 7.65. The van der Waals surface area contributed by atoms with E-state index < -0.39 is 17.8 Å². The number of nitrogens with zero attached hydrogens (tertiary/aromatic N) is 1. The van der Waals surface area contributed by atoms with Crippen LogP contribution in [0, 0.1) is 0 Å². The van der Waals surface area contributed by atoms with Crippen molar-refractivity contribution < 1.29 is 18.3 Å². The molecule has 1 aromatic carbocycles. The largest absolute Gasteiger partial charge is 0.416 e. The number of aliphatic hydroxyl groups is 1. The van der Waals surface area contributed by atoms with Gasteiger partial charge in [-0.15, -0.1) is 0 Å². The summed E-state index contributed by atoms with van der Waals surface area (Å²) >= 11 is 1.80. The predicted octanol–water partition coefficient (Wildman–Crippen LogP) is 2.66. The Labute approximate surface area is 121 Å². The predicted molar refractivity (Wildman–Crippen MR) is 74.9 cm³/mol. The molecule has 0 spiro atoms. The van der Waals surface area contributed by atoms with Crippen LogP contribution in [0.3, 0.4) is 0 Å². The van der Waals surface area contributed by atoms with Gasteiger partial charge in [-0.1, -0.05) is 12.1 Å². The van der Waals surface area contributed by atoms with Crippen molar-refractivity contribution >= 4 is 11.8 Å². The van der Waals surface area contributed by atoms with Gasteiger partial charge in [0.15, 0.2) is 0 Å². The lowest BCUT2D eigenvalue weighted by atomic mass is 10.0. The zero-order valence-electron chi connectivity index (χ0n) is 11.2. The lowest BCUT2D eigenvalue weighted by Gasteiger charge is -2.35. The molecule has 2 nitrogen and oxygen atoms in total. The summed E-state index contributed by atoms with van der Waals surface area (Å²) < 4.78 is 37.4. The standard InChI is InChI=1S/C14H18F3NOS/c1-18-6-7-20-9-12(18)13(19)8-10-2-4-11(5-3-10)14(15,16)17/h2-5,12-13,19H,6-9H2,1H3. The van der Waals surface area contributed by atoms with Gasteiger partial charge in [-0.2, -0.15) is 24.9 Å². The minimum absolute atomic E-state index is 0.0658. The summed E-state index contributed by atoms with van der Waals surface area (Å²) in [6.07, 6.45) is -4.48. The van der Waals surface area contributed by atoms with Crippen molar-refractivity contribution in [2.24, 2.45) is 0 Å². The van der Waals surface area contributed by atoms with Gasteiger partial charge in [0.25, 0.3) is 0 Å². The van der Waals surface area contributed by atoms with E-state index in [-0.39, 0.29) is 6.04 Å². The van der Waals surface area contributed by atoms with Gasteiger partial charge >= 0.3 is 6.18 Å². The molecule has 2 rings (SSSR count). The first kappa shape index (κ1) is 15.7. The normalized spacial score (nSPS) is 22.8. The van der Waals surface area contributed by atoms with E-state index in [4.69, 9.17) is 0 Å². The molecule has 1 aromatic rings. The molecule has 1 fully saturated rings. The van der Waals surface area contributed by atoms with Crippen molar-refractivity contribution in [2.45, 2.75) is 24.7 Å². The molecule has 6 heteroatoms. The van der Waals surface area contributed by atoms with Crippen LogP contribution in [0.5, 0.6) is 0 Å². The lowest BCUT2D eigenvalue weighted by molar-refractivity contribution is -0.137. The second-order valence-electron chi connectivity index (χ2n) is 5.09. The van der Waals surface area contributed by atoms with Crippen LogP contribution in [-0.2, 0) is 12.6 Å². The number of hydrogen-bond donors (Lipinski definition) is 1. The molecule has 0 aliphatic carbocycles. The van der Waals surface area contributed by atoms with E-state index in [2.05, 4.69) is 4.90 Å². The molecule has 2 unspecified atom stereocenters. The SMILES string of the molecule is CN1CCSCC1C(O)Cc1ccc(C(F)(F)F)cc1. The molecular formula is C14H18F3NOS.